The Hall–Kier alpha value is -1.70. The van der Waals surface area contributed by atoms with E-state index in [4.69, 9.17) is 9.47 Å². The van der Waals surface area contributed by atoms with Crippen molar-refractivity contribution in [2.24, 2.45) is 0 Å². The highest BCUT2D eigenvalue weighted by Gasteiger charge is 2.42. The lowest BCUT2D eigenvalue weighted by atomic mass is 9.90. The van der Waals surface area contributed by atoms with Crippen LogP contribution >= 0.6 is 0 Å². The van der Waals surface area contributed by atoms with Gasteiger partial charge in [0.15, 0.2) is 5.60 Å². The molecule has 3 rings (SSSR count). The average Bonchev–Trinajstić information content (AvgIpc) is 2.66. The summed E-state index contributed by atoms with van der Waals surface area (Å²) in [6.07, 6.45) is 2.86. The molecule has 1 atom stereocenters. The van der Waals surface area contributed by atoms with Crippen LogP contribution in [-0.4, -0.2) is 61.0 Å². The maximum atomic E-state index is 14.1. The fraction of sp³-hybridized carbons (Fsp3) is 0.632. The number of methoxy groups -OCH3 is 1. The van der Waals surface area contributed by atoms with Gasteiger partial charge >= 0.3 is 0 Å². The highest BCUT2D eigenvalue weighted by Crippen LogP contribution is 2.26. The second kappa shape index (κ2) is 8.33. The van der Waals surface area contributed by atoms with E-state index in [9.17, 15) is 14.3 Å². The van der Waals surface area contributed by atoms with Gasteiger partial charge in [-0.3, -0.25) is 4.79 Å². The van der Waals surface area contributed by atoms with Gasteiger partial charge < -0.3 is 24.8 Å². The molecule has 26 heavy (non-hydrogen) atoms. The number of rotatable bonds is 6. The van der Waals surface area contributed by atoms with Crippen molar-refractivity contribution in [1.29, 1.82) is 0 Å². The van der Waals surface area contributed by atoms with E-state index >= 15 is 0 Å². The smallest absolute Gasteiger partial charge is 0.256 e. The second-order valence-electron chi connectivity index (χ2n) is 7.09. The molecule has 1 aromatic rings. The first-order valence-corrected chi connectivity index (χ1v) is 9.17. The Morgan fingerprint density at radius 1 is 1.42 bits per heavy atom. The summed E-state index contributed by atoms with van der Waals surface area (Å²) < 4.78 is 24.6. The number of amides is 1. The van der Waals surface area contributed by atoms with Crippen molar-refractivity contribution in [2.75, 3.05) is 33.4 Å². The molecule has 2 heterocycles. The van der Waals surface area contributed by atoms with Gasteiger partial charge in [0.2, 0.25) is 0 Å². The van der Waals surface area contributed by atoms with Crippen LogP contribution in [0.3, 0.4) is 0 Å². The van der Waals surface area contributed by atoms with Crippen LogP contribution in [0.25, 0.3) is 0 Å². The molecule has 0 aliphatic carbocycles. The van der Waals surface area contributed by atoms with Gasteiger partial charge in [-0.1, -0.05) is 0 Å². The molecular formula is C19H27FN2O4. The van der Waals surface area contributed by atoms with Crippen LogP contribution in [0.4, 0.5) is 4.39 Å². The van der Waals surface area contributed by atoms with E-state index in [0.717, 1.165) is 12.8 Å². The Morgan fingerprint density at radius 2 is 2.19 bits per heavy atom. The first-order chi connectivity index (χ1) is 12.5. The van der Waals surface area contributed by atoms with Crippen molar-refractivity contribution in [1.82, 2.24) is 10.2 Å². The molecule has 0 unspecified atom stereocenters. The molecule has 2 aliphatic heterocycles. The maximum Gasteiger partial charge on any atom is 0.256 e. The Morgan fingerprint density at radius 3 is 2.92 bits per heavy atom. The van der Waals surface area contributed by atoms with Crippen LogP contribution in [-0.2, 0) is 16.1 Å². The number of hydrogen-bond donors (Lipinski definition) is 2. The standard InChI is InChI=1S/C19H27FN2O4/c1-25-16-3-4-17(20)14(11-16)12-22-8-2-7-19(24,18(22)23)13-21-15-5-9-26-10-6-15/h3-4,11,15,21,24H,2,5-10,12-13H2,1H3/t19-/m0/s1. The molecule has 2 saturated heterocycles. The third kappa shape index (κ3) is 4.34. The summed E-state index contributed by atoms with van der Waals surface area (Å²) in [5.41, 5.74) is -1.05. The fourth-order valence-electron chi connectivity index (χ4n) is 3.60. The minimum Gasteiger partial charge on any atom is -0.497 e. The Bertz CT molecular complexity index is 636. The van der Waals surface area contributed by atoms with Gasteiger partial charge in [-0.05, 0) is 43.9 Å². The number of likely N-dealkylation sites (tertiary alicyclic amines) is 1. The number of benzene rings is 1. The molecule has 1 amide bonds. The molecule has 0 bridgehead atoms. The lowest BCUT2D eigenvalue weighted by Crippen LogP contribution is -2.59. The Kier molecular flexibility index (Phi) is 6.11. The normalized spacial score (nSPS) is 24.7. The Balaban J connectivity index is 1.64. The van der Waals surface area contributed by atoms with Crippen LogP contribution in [0, 0.1) is 5.82 Å². The highest BCUT2D eigenvalue weighted by atomic mass is 19.1. The molecular weight excluding hydrogens is 339 g/mol. The molecule has 0 aromatic heterocycles. The van der Waals surface area contributed by atoms with Crippen LogP contribution in [0.5, 0.6) is 5.75 Å². The second-order valence-corrected chi connectivity index (χ2v) is 7.09. The average molecular weight is 366 g/mol. The van der Waals surface area contributed by atoms with E-state index in [-0.39, 0.29) is 30.9 Å². The summed E-state index contributed by atoms with van der Waals surface area (Å²) in [6.45, 7) is 2.25. The van der Waals surface area contributed by atoms with Crippen molar-refractivity contribution in [3.05, 3.63) is 29.6 Å². The van der Waals surface area contributed by atoms with Gasteiger partial charge in [0.05, 0.1) is 7.11 Å². The zero-order valence-electron chi connectivity index (χ0n) is 15.2. The van der Waals surface area contributed by atoms with E-state index in [2.05, 4.69) is 5.32 Å². The zero-order chi connectivity index (χ0) is 18.6. The SMILES string of the molecule is COc1ccc(F)c(CN2CCC[C@](O)(CNC3CCOCC3)C2=O)c1. The predicted molar refractivity (Wildman–Crippen MR) is 94.4 cm³/mol. The number of carbonyl (C=O) groups is 1. The molecule has 1 aromatic carbocycles. The number of halogens is 1. The van der Waals surface area contributed by atoms with Crippen molar-refractivity contribution in [3.8, 4) is 5.75 Å². The minimum atomic E-state index is -1.44. The topological polar surface area (TPSA) is 71.0 Å². The molecule has 0 spiro atoms. The summed E-state index contributed by atoms with van der Waals surface area (Å²) in [6, 6.07) is 4.73. The van der Waals surface area contributed by atoms with Crippen molar-refractivity contribution >= 4 is 5.91 Å². The molecule has 2 aliphatic rings. The molecule has 2 fully saturated rings. The molecule has 6 nitrogen and oxygen atoms in total. The molecule has 144 valence electrons. The van der Waals surface area contributed by atoms with E-state index in [1.807, 2.05) is 0 Å². The number of hydrogen-bond acceptors (Lipinski definition) is 5. The van der Waals surface area contributed by atoms with Crippen LogP contribution in [0.15, 0.2) is 18.2 Å². The van der Waals surface area contributed by atoms with Crippen LogP contribution < -0.4 is 10.1 Å². The van der Waals surface area contributed by atoms with Gasteiger partial charge in [0, 0.05) is 44.5 Å². The predicted octanol–water partition coefficient (Wildman–Crippen LogP) is 1.46. The number of nitrogens with zero attached hydrogens (tertiary/aromatic N) is 1. The summed E-state index contributed by atoms with van der Waals surface area (Å²) in [5, 5.41) is 14.2. The summed E-state index contributed by atoms with van der Waals surface area (Å²) in [7, 11) is 1.52. The molecule has 0 radical (unpaired) electrons. The largest absolute Gasteiger partial charge is 0.497 e. The van der Waals surface area contributed by atoms with Crippen LogP contribution in [0.1, 0.15) is 31.2 Å². The Labute approximate surface area is 153 Å². The first-order valence-electron chi connectivity index (χ1n) is 9.17. The number of ether oxygens (including phenoxy) is 2. The van der Waals surface area contributed by atoms with E-state index in [1.54, 1.807) is 12.1 Å². The fourth-order valence-corrected chi connectivity index (χ4v) is 3.60. The molecule has 0 saturated carbocycles. The zero-order valence-corrected chi connectivity index (χ0v) is 15.2. The van der Waals surface area contributed by atoms with E-state index in [0.29, 0.717) is 43.9 Å². The quantitative estimate of drug-likeness (QED) is 0.798. The van der Waals surface area contributed by atoms with Gasteiger partial charge in [0.25, 0.3) is 5.91 Å². The van der Waals surface area contributed by atoms with Crippen molar-refractivity contribution in [2.45, 2.75) is 43.9 Å². The lowest BCUT2D eigenvalue weighted by molar-refractivity contribution is -0.157. The highest BCUT2D eigenvalue weighted by molar-refractivity contribution is 5.86. The number of carbonyl (C=O) groups excluding carboxylic acids is 1. The van der Waals surface area contributed by atoms with Gasteiger partial charge in [-0.25, -0.2) is 4.39 Å². The number of aliphatic hydroxyl groups is 1. The number of piperidine rings is 1. The first kappa shape index (κ1) is 19.1. The van der Waals surface area contributed by atoms with Crippen LogP contribution in [0.2, 0.25) is 0 Å². The number of nitrogens with one attached hydrogen (secondary N) is 1. The molecule has 2 N–H and O–H groups in total. The maximum absolute atomic E-state index is 14.1. The summed E-state index contributed by atoms with van der Waals surface area (Å²) in [5.74, 6) is -0.180. The monoisotopic (exact) mass is 366 g/mol. The van der Waals surface area contributed by atoms with Gasteiger partial charge in [-0.2, -0.15) is 0 Å². The molecule has 7 heteroatoms. The minimum absolute atomic E-state index is 0.126. The van der Waals surface area contributed by atoms with Gasteiger partial charge in [-0.15, -0.1) is 0 Å². The summed E-state index contributed by atoms with van der Waals surface area (Å²) >= 11 is 0. The van der Waals surface area contributed by atoms with Crippen molar-refractivity contribution in [3.63, 3.8) is 0 Å². The lowest BCUT2D eigenvalue weighted by Gasteiger charge is -2.39. The third-order valence-corrected chi connectivity index (χ3v) is 5.22. The third-order valence-electron chi connectivity index (χ3n) is 5.22. The van der Waals surface area contributed by atoms with Crippen molar-refractivity contribution < 1.29 is 23.8 Å². The van der Waals surface area contributed by atoms with E-state index < -0.39 is 5.60 Å². The van der Waals surface area contributed by atoms with E-state index in [1.165, 1.54) is 18.1 Å². The summed E-state index contributed by atoms with van der Waals surface area (Å²) in [4.78, 5) is 14.4. The van der Waals surface area contributed by atoms with Gasteiger partial charge in [0.1, 0.15) is 11.6 Å².